The highest BCUT2D eigenvalue weighted by atomic mass is 32.2. The smallest absolute Gasteiger partial charge is 0.146 e. The zero-order valence-electron chi connectivity index (χ0n) is 10.3. The van der Waals surface area contributed by atoms with Crippen LogP contribution in [0.2, 0.25) is 0 Å². The Morgan fingerprint density at radius 1 is 1.40 bits per heavy atom. The summed E-state index contributed by atoms with van der Waals surface area (Å²) in [6.45, 7) is 8.10. The number of Topliss-reactive ketones (excluding diaryl/α,β-unsaturated/α-hetero) is 1. The molecule has 0 N–H and O–H groups in total. The summed E-state index contributed by atoms with van der Waals surface area (Å²) >= 11 is 1.68. The topological polar surface area (TPSA) is 17.1 Å². The average molecular weight is 228 g/mol. The summed E-state index contributed by atoms with van der Waals surface area (Å²) in [5.41, 5.74) is 0. The van der Waals surface area contributed by atoms with Crippen molar-refractivity contribution in [2.24, 2.45) is 5.92 Å². The largest absolute Gasteiger partial charge is 0.298 e. The Balaban J connectivity index is 4.31. The predicted octanol–water partition coefficient (Wildman–Crippen LogP) is 4.08. The first-order valence-electron chi connectivity index (χ1n) is 5.89. The van der Waals surface area contributed by atoms with E-state index in [1.807, 2.05) is 12.3 Å². The molecule has 88 valence electrons. The maximum Gasteiger partial charge on any atom is 0.146 e. The number of allylic oxidation sites excluding steroid dienone is 1. The molecule has 1 nitrogen and oxygen atoms in total. The molecule has 0 saturated heterocycles. The van der Waals surface area contributed by atoms with Gasteiger partial charge in [-0.3, -0.25) is 4.79 Å². The molecule has 0 saturated carbocycles. The van der Waals surface area contributed by atoms with Crippen LogP contribution in [0, 0.1) is 5.92 Å². The molecule has 0 aromatic rings. The minimum absolute atomic E-state index is 0.133. The molecule has 0 fully saturated rings. The van der Waals surface area contributed by atoms with E-state index >= 15 is 0 Å². The lowest BCUT2D eigenvalue weighted by Crippen LogP contribution is -2.25. The van der Waals surface area contributed by atoms with Crippen molar-refractivity contribution < 1.29 is 4.79 Å². The zero-order chi connectivity index (χ0) is 11.7. The van der Waals surface area contributed by atoms with Crippen LogP contribution in [0.15, 0.2) is 12.7 Å². The number of ketones is 1. The lowest BCUT2D eigenvalue weighted by Gasteiger charge is -2.21. The molecule has 0 radical (unpaired) electrons. The van der Waals surface area contributed by atoms with Crippen molar-refractivity contribution in [1.29, 1.82) is 0 Å². The summed E-state index contributed by atoms with van der Waals surface area (Å²) in [6.07, 6.45) is 9.13. The second kappa shape index (κ2) is 9.02. The third-order valence-corrected chi connectivity index (χ3v) is 3.77. The van der Waals surface area contributed by atoms with E-state index in [0.29, 0.717) is 18.1 Å². The lowest BCUT2D eigenvalue weighted by molar-refractivity contribution is -0.119. The van der Waals surface area contributed by atoms with Crippen LogP contribution in [0.1, 0.15) is 46.0 Å². The van der Waals surface area contributed by atoms with E-state index in [9.17, 15) is 4.79 Å². The van der Waals surface area contributed by atoms with Gasteiger partial charge in [0.25, 0.3) is 0 Å². The molecule has 0 heterocycles. The first-order valence-corrected chi connectivity index (χ1v) is 7.18. The molecule has 2 atom stereocenters. The fraction of sp³-hybridized carbons (Fsp3) is 0.769. The Morgan fingerprint density at radius 3 is 2.47 bits per heavy atom. The van der Waals surface area contributed by atoms with Crippen LogP contribution in [0.25, 0.3) is 0 Å². The van der Waals surface area contributed by atoms with Gasteiger partial charge in [0, 0.05) is 6.42 Å². The number of rotatable bonds is 9. The minimum atomic E-state index is 0.133. The SMILES string of the molecule is C=CC(CCCC)C(SC)C(=O)CCC. The summed E-state index contributed by atoms with van der Waals surface area (Å²) in [5, 5.41) is 0.133. The van der Waals surface area contributed by atoms with Crippen LogP contribution < -0.4 is 0 Å². The van der Waals surface area contributed by atoms with E-state index in [2.05, 4.69) is 20.4 Å². The van der Waals surface area contributed by atoms with Crippen molar-refractivity contribution >= 4 is 17.5 Å². The molecular weight excluding hydrogens is 204 g/mol. The predicted molar refractivity (Wildman–Crippen MR) is 70.4 cm³/mol. The van der Waals surface area contributed by atoms with Crippen LogP contribution in [0.3, 0.4) is 0 Å². The van der Waals surface area contributed by atoms with Gasteiger partial charge in [-0.05, 0) is 25.0 Å². The molecule has 0 amide bonds. The van der Waals surface area contributed by atoms with E-state index in [0.717, 1.165) is 12.8 Å². The van der Waals surface area contributed by atoms with E-state index in [1.165, 1.54) is 12.8 Å². The molecule has 2 heteroatoms. The van der Waals surface area contributed by atoms with E-state index < -0.39 is 0 Å². The lowest BCUT2D eigenvalue weighted by atomic mass is 9.94. The highest BCUT2D eigenvalue weighted by Gasteiger charge is 2.23. The Labute approximate surface area is 98.7 Å². The molecular formula is C13H24OS. The normalized spacial score (nSPS) is 14.6. The molecule has 0 aliphatic heterocycles. The van der Waals surface area contributed by atoms with Gasteiger partial charge in [0.15, 0.2) is 0 Å². The van der Waals surface area contributed by atoms with E-state index in [4.69, 9.17) is 0 Å². The van der Waals surface area contributed by atoms with Crippen molar-refractivity contribution in [1.82, 2.24) is 0 Å². The number of carbonyl (C=O) groups excluding carboxylic acids is 1. The molecule has 0 aromatic heterocycles. The molecule has 0 bridgehead atoms. The summed E-state index contributed by atoms with van der Waals surface area (Å²) in [7, 11) is 0. The van der Waals surface area contributed by atoms with Crippen molar-refractivity contribution in [2.45, 2.75) is 51.2 Å². The monoisotopic (exact) mass is 228 g/mol. The van der Waals surface area contributed by atoms with E-state index in [1.54, 1.807) is 11.8 Å². The summed E-state index contributed by atoms with van der Waals surface area (Å²) in [6, 6.07) is 0. The molecule has 0 rings (SSSR count). The second-order valence-corrected chi connectivity index (χ2v) is 4.89. The summed E-state index contributed by atoms with van der Waals surface area (Å²) in [4.78, 5) is 11.9. The second-order valence-electron chi connectivity index (χ2n) is 3.91. The minimum Gasteiger partial charge on any atom is -0.298 e. The van der Waals surface area contributed by atoms with Gasteiger partial charge in [-0.1, -0.05) is 32.8 Å². The number of carbonyl (C=O) groups is 1. The van der Waals surface area contributed by atoms with Crippen molar-refractivity contribution in [2.75, 3.05) is 6.26 Å². The van der Waals surface area contributed by atoms with Crippen molar-refractivity contribution in [3.05, 3.63) is 12.7 Å². The fourth-order valence-corrected chi connectivity index (χ4v) is 2.74. The molecule has 15 heavy (non-hydrogen) atoms. The van der Waals surface area contributed by atoms with Gasteiger partial charge in [-0.15, -0.1) is 6.58 Å². The highest BCUT2D eigenvalue weighted by molar-refractivity contribution is 7.99. The van der Waals surface area contributed by atoms with Crippen LogP contribution in [-0.2, 0) is 4.79 Å². The maximum absolute atomic E-state index is 11.9. The molecule has 0 aliphatic carbocycles. The maximum atomic E-state index is 11.9. The Bertz CT molecular complexity index is 189. The van der Waals surface area contributed by atoms with Crippen molar-refractivity contribution in [3.8, 4) is 0 Å². The zero-order valence-corrected chi connectivity index (χ0v) is 11.1. The molecule has 2 unspecified atom stereocenters. The van der Waals surface area contributed by atoms with Crippen LogP contribution in [0.4, 0.5) is 0 Å². The number of unbranched alkanes of at least 4 members (excludes halogenated alkanes) is 1. The van der Waals surface area contributed by atoms with E-state index in [-0.39, 0.29) is 5.25 Å². The van der Waals surface area contributed by atoms with Gasteiger partial charge in [0.05, 0.1) is 5.25 Å². The number of thioether (sulfide) groups is 1. The third kappa shape index (κ3) is 5.41. The van der Waals surface area contributed by atoms with Crippen LogP contribution in [-0.4, -0.2) is 17.3 Å². The fourth-order valence-electron chi connectivity index (χ4n) is 1.77. The van der Waals surface area contributed by atoms with Gasteiger partial charge in [0.1, 0.15) is 5.78 Å². The summed E-state index contributed by atoms with van der Waals surface area (Å²) < 4.78 is 0. The van der Waals surface area contributed by atoms with Gasteiger partial charge < -0.3 is 0 Å². The number of hydrogen-bond acceptors (Lipinski definition) is 2. The Kier molecular flexibility index (Phi) is 8.88. The first kappa shape index (κ1) is 14.8. The average Bonchev–Trinajstić information content (AvgIpc) is 2.24. The van der Waals surface area contributed by atoms with Gasteiger partial charge in [-0.2, -0.15) is 11.8 Å². The summed E-state index contributed by atoms with van der Waals surface area (Å²) in [5.74, 6) is 0.755. The van der Waals surface area contributed by atoms with Gasteiger partial charge in [-0.25, -0.2) is 0 Å². The van der Waals surface area contributed by atoms with Crippen LogP contribution in [0.5, 0.6) is 0 Å². The quantitative estimate of drug-likeness (QED) is 0.553. The van der Waals surface area contributed by atoms with Crippen LogP contribution >= 0.6 is 11.8 Å². The highest BCUT2D eigenvalue weighted by Crippen LogP contribution is 2.25. The standard InChI is InChI=1S/C13H24OS/c1-5-8-10-11(7-3)13(15-4)12(14)9-6-2/h7,11,13H,3,5-6,8-10H2,1-2,4H3. The molecule has 0 aromatic carbocycles. The Hall–Kier alpha value is -0.240. The number of hydrogen-bond donors (Lipinski definition) is 0. The van der Waals surface area contributed by atoms with Crippen molar-refractivity contribution in [3.63, 3.8) is 0 Å². The van der Waals surface area contributed by atoms with Gasteiger partial charge >= 0.3 is 0 Å². The molecule has 0 aliphatic rings. The first-order chi connectivity index (χ1) is 7.21. The van der Waals surface area contributed by atoms with Gasteiger partial charge in [0.2, 0.25) is 0 Å². The third-order valence-electron chi connectivity index (χ3n) is 2.65. The Morgan fingerprint density at radius 2 is 2.07 bits per heavy atom. The molecule has 0 spiro atoms.